The van der Waals surface area contributed by atoms with Crippen molar-refractivity contribution in [1.82, 2.24) is 9.88 Å². The third kappa shape index (κ3) is 7.88. The van der Waals surface area contributed by atoms with E-state index in [1.165, 1.54) is 0 Å². The summed E-state index contributed by atoms with van der Waals surface area (Å²) in [7, 11) is 0. The van der Waals surface area contributed by atoms with E-state index >= 15 is 0 Å². The van der Waals surface area contributed by atoms with Crippen LogP contribution in [0.4, 0.5) is 0 Å². The van der Waals surface area contributed by atoms with Gasteiger partial charge in [0.15, 0.2) is 0 Å². The summed E-state index contributed by atoms with van der Waals surface area (Å²) in [6.45, 7) is 8.68. The molecule has 1 saturated heterocycles. The molecule has 0 radical (unpaired) electrons. The van der Waals surface area contributed by atoms with E-state index < -0.39 is 0 Å². The molecule has 1 unspecified atom stereocenters. The van der Waals surface area contributed by atoms with Crippen LogP contribution < -0.4 is 0 Å². The minimum atomic E-state index is -0.183. The Hall–Kier alpha value is -1.75. The number of hydrogen-bond donors (Lipinski definition) is 0. The number of carbonyl (C=O) groups excluding carboxylic acids is 1. The third-order valence-corrected chi connectivity index (χ3v) is 5.25. The zero-order valence-electron chi connectivity index (χ0n) is 17.8. The Bertz CT molecular complexity index is 713. The number of nitrogens with zero attached hydrogens (tertiary/aromatic N) is 2. The van der Waals surface area contributed by atoms with E-state index in [0.717, 1.165) is 55.2 Å². The van der Waals surface area contributed by atoms with Crippen LogP contribution in [0, 0.1) is 0 Å². The number of pyridine rings is 1. The van der Waals surface area contributed by atoms with E-state index in [9.17, 15) is 4.79 Å². The SMILES string of the molecule is CC.CC(=O)CCCN1CCC(OC(c2ccc(Cl)cc2)c2ccccn2)CC1. The molecule has 0 amide bonds. The second kappa shape index (κ2) is 12.7. The Kier molecular flexibility index (Phi) is 10.3. The standard InChI is InChI=1S/C22H27ClN2O2.C2H6/c1-17(26)5-4-14-25-15-11-20(12-16-25)27-22(21-6-2-3-13-24-21)18-7-9-19(23)10-8-18;1-2/h2-3,6-10,13,20,22H,4-5,11-12,14-16H2,1H3;1-2H3. The fourth-order valence-electron chi connectivity index (χ4n) is 3.50. The van der Waals surface area contributed by atoms with Crippen LogP contribution in [-0.2, 0) is 9.53 Å². The molecule has 0 N–H and O–H groups in total. The summed E-state index contributed by atoms with van der Waals surface area (Å²) in [6, 6.07) is 13.7. The summed E-state index contributed by atoms with van der Waals surface area (Å²) in [5.74, 6) is 0.273. The van der Waals surface area contributed by atoms with Crippen LogP contribution in [0.2, 0.25) is 5.02 Å². The highest BCUT2D eigenvalue weighted by Crippen LogP contribution is 2.29. The first-order chi connectivity index (χ1) is 14.1. The molecule has 1 fully saturated rings. The van der Waals surface area contributed by atoms with Crippen molar-refractivity contribution < 1.29 is 9.53 Å². The number of aromatic nitrogens is 1. The van der Waals surface area contributed by atoms with Crippen LogP contribution in [0.3, 0.4) is 0 Å². The molecule has 0 spiro atoms. The molecule has 158 valence electrons. The highest BCUT2D eigenvalue weighted by Gasteiger charge is 2.25. The summed E-state index contributed by atoms with van der Waals surface area (Å²) in [5, 5.41) is 0.720. The van der Waals surface area contributed by atoms with Crippen LogP contribution >= 0.6 is 11.6 Å². The number of likely N-dealkylation sites (tertiary alicyclic amines) is 1. The lowest BCUT2D eigenvalue weighted by atomic mass is 10.0. The molecular formula is C24H33ClN2O2. The van der Waals surface area contributed by atoms with Crippen molar-refractivity contribution in [2.45, 2.75) is 58.7 Å². The number of carbonyl (C=O) groups is 1. The maximum atomic E-state index is 11.1. The highest BCUT2D eigenvalue weighted by molar-refractivity contribution is 6.30. The summed E-state index contributed by atoms with van der Waals surface area (Å²) < 4.78 is 6.51. The van der Waals surface area contributed by atoms with Crippen LogP contribution in [0.1, 0.15) is 63.8 Å². The number of ketones is 1. The van der Waals surface area contributed by atoms with Crippen molar-refractivity contribution in [3.63, 3.8) is 0 Å². The lowest BCUT2D eigenvalue weighted by Gasteiger charge is -2.34. The first kappa shape index (κ1) is 23.5. The lowest BCUT2D eigenvalue weighted by Crippen LogP contribution is -2.38. The van der Waals surface area contributed by atoms with Gasteiger partial charge in [-0.3, -0.25) is 4.98 Å². The van der Waals surface area contributed by atoms with E-state index in [0.29, 0.717) is 6.42 Å². The molecule has 1 aliphatic heterocycles. The molecule has 0 aliphatic carbocycles. The van der Waals surface area contributed by atoms with E-state index in [1.54, 1.807) is 13.1 Å². The van der Waals surface area contributed by atoms with Gasteiger partial charge in [0.25, 0.3) is 0 Å². The molecule has 0 bridgehead atoms. The number of hydrogen-bond acceptors (Lipinski definition) is 4. The second-order valence-electron chi connectivity index (χ2n) is 7.17. The fraction of sp³-hybridized carbons (Fsp3) is 0.500. The molecular weight excluding hydrogens is 384 g/mol. The van der Waals surface area contributed by atoms with Gasteiger partial charge in [-0.1, -0.05) is 43.6 Å². The molecule has 2 aromatic rings. The molecule has 3 rings (SSSR count). The number of ether oxygens (including phenoxy) is 1. The lowest BCUT2D eigenvalue weighted by molar-refractivity contribution is -0.117. The average Bonchev–Trinajstić information content (AvgIpc) is 2.76. The van der Waals surface area contributed by atoms with Crippen LogP contribution in [0.25, 0.3) is 0 Å². The van der Waals surface area contributed by atoms with Gasteiger partial charge in [0.1, 0.15) is 11.9 Å². The Morgan fingerprint density at radius 3 is 2.45 bits per heavy atom. The van der Waals surface area contributed by atoms with Crippen molar-refractivity contribution >= 4 is 17.4 Å². The van der Waals surface area contributed by atoms with E-state index in [2.05, 4.69) is 9.88 Å². The van der Waals surface area contributed by atoms with Gasteiger partial charge in [-0.2, -0.15) is 0 Å². The monoisotopic (exact) mass is 416 g/mol. The van der Waals surface area contributed by atoms with E-state index in [1.807, 2.05) is 56.3 Å². The maximum absolute atomic E-state index is 11.1. The second-order valence-corrected chi connectivity index (χ2v) is 7.61. The molecule has 29 heavy (non-hydrogen) atoms. The quantitative estimate of drug-likeness (QED) is 0.553. The van der Waals surface area contributed by atoms with Crippen molar-refractivity contribution in [3.8, 4) is 0 Å². The Labute approximate surface area is 180 Å². The van der Waals surface area contributed by atoms with Gasteiger partial charge < -0.3 is 14.4 Å². The van der Waals surface area contributed by atoms with Gasteiger partial charge in [0.2, 0.25) is 0 Å². The van der Waals surface area contributed by atoms with Gasteiger partial charge >= 0.3 is 0 Å². The smallest absolute Gasteiger partial charge is 0.129 e. The third-order valence-electron chi connectivity index (χ3n) is 5.00. The van der Waals surface area contributed by atoms with Crippen LogP contribution in [0.15, 0.2) is 48.7 Å². The van der Waals surface area contributed by atoms with Gasteiger partial charge in [-0.05, 0) is 62.6 Å². The van der Waals surface area contributed by atoms with E-state index in [4.69, 9.17) is 16.3 Å². The molecule has 0 saturated carbocycles. The first-order valence-electron chi connectivity index (χ1n) is 10.7. The molecule has 2 heterocycles. The molecule has 1 atom stereocenters. The van der Waals surface area contributed by atoms with Crippen LogP contribution in [-0.4, -0.2) is 41.4 Å². The highest BCUT2D eigenvalue weighted by atomic mass is 35.5. The summed E-state index contributed by atoms with van der Waals surface area (Å²) in [4.78, 5) is 18.0. The maximum Gasteiger partial charge on any atom is 0.129 e. The molecule has 1 aromatic heterocycles. The first-order valence-corrected chi connectivity index (χ1v) is 11.0. The van der Waals surface area contributed by atoms with Crippen molar-refractivity contribution in [2.75, 3.05) is 19.6 Å². The minimum Gasteiger partial charge on any atom is -0.364 e. The van der Waals surface area contributed by atoms with Crippen molar-refractivity contribution in [2.24, 2.45) is 0 Å². The summed E-state index contributed by atoms with van der Waals surface area (Å²) in [6.07, 6.45) is 5.44. The normalized spacial score (nSPS) is 16.0. The predicted molar refractivity (Wildman–Crippen MR) is 119 cm³/mol. The number of rotatable bonds is 8. The van der Waals surface area contributed by atoms with Gasteiger partial charge in [0.05, 0.1) is 11.8 Å². The van der Waals surface area contributed by atoms with Crippen LogP contribution in [0.5, 0.6) is 0 Å². The number of halogens is 1. The Balaban J connectivity index is 0.00000145. The molecule has 1 aliphatic rings. The van der Waals surface area contributed by atoms with Gasteiger partial charge in [0, 0.05) is 30.7 Å². The van der Waals surface area contributed by atoms with Gasteiger partial charge in [-0.15, -0.1) is 0 Å². The summed E-state index contributed by atoms with van der Waals surface area (Å²) >= 11 is 6.05. The Morgan fingerprint density at radius 1 is 1.17 bits per heavy atom. The summed E-state index contributed by atoms with van der Waals surface area (Å²) in [5.41, 5.74) is 1.99. The predicted octanol–water partition coefficient (Wildman–Crippen LogP) is 5.70. The molecule has 5 heteroatoms. The number of Topliss-reactive ketones (excluding diaryl/α,β-unsaturated/α-hetero) is 1. The zero-order valence-corrected chi connectivity index (χ0v) is 18.6. The number of piperidine rings is 1. The molecule has 1 aromatic carbocycles. The van der Waals surface area contributed by atoms with Gasteiger partial charge in [-0.25, -0.2) is 0 Å². The van der Waals surface area contributed by atoms with E-state index in [-0.39, 0.29) is 18.0 Å². The van der Waals surface area contributed by atoms with Crippen molar-refractivity contribution in [1.29, 1.82) is 0 Å². The topological polar surface area (TPSA) is 42.4 Å². The largest absolute Gasteiger partial charge is 0.364 e. The number of benzene rings is 1. The van der Waals surface area contributed by atoms with Crippen molar-refractivity contribution in [3.05, 3.63) is 64.9 Å². The molecule has 4 nitrogen and oxygen atoms in total. The average molecular weight is 417 g/mol. The Morgan fingerprint density at radius 2 is 1.86 bits per heavy atom. The fourth-order valence-corrected chi connectivity index (χ4v) is 3.63. The zero-order chi connectivity index (χ0) is 21.1. The minimum absolute atomic E-state index is 0.183.